The van der Waals surface area contributed by atoms with E-state index < -0.39 is 0 Å². The third kappa shape index (κ3) is 2.63. The van der Waals surface area contributed by atoms with E-state index in [1.165, 1.54) is 4.70 Å². The maximum absolute atomic E-state index is 6.33. The van der Waals surface area contributed by atoms with Gasteiger partial charge in [-0.1, -0.05) is 60.7 Å². The van der Waals surface area contributed by atoms with E-state index >= 15 is 0 Å². The average molecular weight is 353 g/mol. The summed E-state index contributed by atoms with van der Waals surface area (Å²) in [4.78, 5) is 4.90. The lowest BCUT2D eigenvalue weighted by atomic mass is 10.1. The molecule has 3 aromatic carbocycles. The van der Waals surface area contributed by atoms with Gasteiger partial charge >= 0.3 is 0 Å². The molecule has 2 aromatic heterocycles. The smallest absolute Gasteiger partial charge is 0.155 e. The van der Waals surface area contributed by atoms with Gasteiger partial charge in [0.1, 0.15) is 5.76 Å². The number of fused-ring (bicyclic) bond motifs is 3. The van der Waals surface area contributed by atoms with Gasteiger partial charge in [-0.25, -0.2) is 4.99 Å². The predicted octanol–water partition coefficient (Wildman–Crippen LogP) is 6.55. The molecule has 2 nitrogen and oxygen atoms in total. The van der Waals surface area contributed by atoms with Crippen LogP contribution in [-0.2, 0) is 0 Å². The van der Waals surface area contributed by atoms with Crippen LogP contribution in [0.25, 0.3) is 31.7 Å². The minimum absolute atomic E-state index is 0.830. The second kappa shape index (κ2) is 6.28. The lowest BCUT2D eigenvalue weighted by Crippen LogP contribution is -2.00. The summed E-state index contributed by atoms with van der Waals surface area (Å²) in [6.45, 7) is 0. The summed E-state index contributed by atoms with van der Waals surface area (Å²) in [5.74, 6) is 0.830. The zero-order chi connectivity index (χ0) is 17.3. The van der Waals surface area contributed by atoms with Crippen LogP contribution in [0, 0.1) is 0 Å². The molecule has 0 N–H and O–H groups in total. The Labute approximate surface area is 154 Å². The lowest BCUT2D eigenvalue weighted by Gasteiger charge is -2.03. The SMILES string of the molecule is c1ccc(N=c2cc(-c3ccccc3)oc3c2sc2ccccc23)cc1. The van der Waals surface area contributed by atoms with Crippen molar-refractivity contribution in [1.29, 1.82) is 0 Å². The number of hydrogen-bond acceptors (Lipinski definition) is 3. The van der Waals surface area contributed by atoms with Crippen molar-refractivity contribution >= 4 is 37.4 Å². The summed E-state index contributed by atoms with van der Waals surface area (Å²) >= 11 is 1.72. The van der Waals surface area contributed by atoms with E-state index in [9.17, 15) is 0 Å². The van der Waals surface area contributed by atoms with Crippen molar-refractivity contribution in [3.05, 3.63) is 96.4 Å². The fourth-order valence-electron chi connectivity index (χ4n) is 3.09. The van der Waals surface area contributed by atoms with Crippen LogP contribution in [0.1, 0.15) is 0 Å². The molecule has 0 saturated heterocycles. The Morgan fingerprint density at radius 3 is 2.23 bits per heavy atom. The summed E-state index contributed by atoms with van der Waals surface area (Å²) in [6, 6.07) is 30.6. The van der Waals surface area contributed by atoms with E-state index in [1.807, 2.05) is 60.7 Å². The lowest BCUT2D eigenvalue weighted by molar-refractivity contribution is 0.623. The molecular formula is C23H15NOS. The third-order valence-corrected chi connectivity index (χ3v) is 5.50. The predicted molar refractivity (Wildman–Crippen MR) is 109 cm³/mol. The summed E-state index contributed by atoms with van der Waals surface area (Å²) in [7, 11) is 0. The van der Waals surface area contributed by atoms with Crippen LogP contribution >= 0.6 is 11.3 Å². The van der Waals surface area contributed by atoms with E-state index in [2.05, 4.69) is 30.3 Å². The molecule has 5 aromatic rings. The van der Waals surface area contributed by atoms with Gasteiger partial charge < -0.3 is 4.42 Å². The first kappa shape index (κ1) is 15.1. The maximum Gasteiger partial charge on any atom is 0.155 e. The molecule has 0 bridgehead atoms. The van der Waals surface area contributed by atoms with Crippen LogP contribution in [0.15, 0.2) is 100 Å². The van der Waals surface area contributed by atoms with Gasteiger partial charge in [-0.05, 0) is 24.3 Å². The van der Waals surface area contributed by atoms with E-state index in [0.29, 0.717) is 0 Å². The molecule has 124 valence electrons. The van der Waals surface area contributed by atoms with Crippen LogP contribution in [0.4, 0.5) is 5.69 Å². The largest absolute Gasteiger partial charge is 0.454 e. The summed E-state index contributed by atoms with van der Waals surface area (Å²) in [5, 5.41) is 2.08. The van der Waals surface area contributed by atoms with E-state index in [-0.39, 0.29) is 0 Å². The summed E-state index contributed by atoms with van der Waals surface area (Å²) in [6.07, 6.45) is 0. The number of rotatable bonds is 2. The highest BCUT2D eigenvalue weighted by atomic mass is 32.1. The molecule has 0 unspecified atom stereocenters. The van der Waals surface area contributed by atoms with E-state index in [0.717, 1.165) is 38.0 Å². The first-order valence-electron chi connectivity index (χ1n) is 8.49. The van der Waals surface area contributed by atoms with Gasteiger partial charge in [0.25, 0.3) is 0 Å². The highest BCUT2D eigenvalue weighted by Gasteiger charge is 2.12. The van der Waals surface area contributed by atoms with Gasteiger partial charge in [-0.3, -0.25) is 0 Å². The van der Waals surface area contributed by atoms with Crippen molar-refractivity contribution in [1.82, 2.24) is 0 Å². The van der Waals surface area contributed by atoms with E-state index in [1.54, 1.807) is 11.3 Å². The monoisotopic (exact) mass is 353 g/mol. The molecule has 0 fully saturated rings. The zero-order valence-corrected chi connectivity index (χ0v) is 14.7. The highest BCUT2D eigenvalue weighted by Crippen LogP contribution is 2.34. The number of hydrogen-bond donors (Lipinski definition) is 0. The number of thiophene rings is 1. The first-order chi connectivity index (χ1) is 12.9. The Balaban J connectivity index is 1.89. The Morgan fingerprint density at radius 1 is 0.731 bits per heavy atom. The van der Waals surface area contributed by atoms with Crippen LogP contribution in [0.5, 0.6) is 0 Å². The van der Waals surface area contributed by atoms with Crippen LogP contribution < -0.4 is 5.36 Å². The minimum Gasteiger partial charge on any atom is -0.454 e. The Kier molecular flexibility index (Phi) is 3.65. The molecule has 2 heterocycles. The van der Waals surface area contributed by atoms with Gasteiger partial charge in [0.05, 0.1) is 15.7 Å². The molecule has 0 amide bonds. The maximum atomic E-state index is 6.33. The van der Waals surface area contributed by atoms with Crippen LogP contribution in [0.2, 0.25) is 0 Å². The van der Waals surface area contributed by atoms with E-state index in [4.69, 9.17) is 9.41 Å². The zero-order valence-electron chi connectivity index (χ0n) is 13.9. The first-order valence-corrected chi connectivity index (χ1v) is 9.31. The van der Waals surface area contributed by atoms with Crippen LogP contribution in [-0.4, -0.2) is 0 Å². The van der Waals surface area contributed by atoms with Crippen molar-refractivity contribution in [2.75, 3.05) is 0 Å². The molecule has 26 heavy (non-hydrogen) atoms. The second-order valence-corrected chi connectivity index (χ2v) is 7.12. The number of nitrogens with zero attached hydrogens (tertiary/aromatic N) is 1. The molecular weight excluding hydrogens is 338 g/mol. The molecule has 0 aliphatic carbocycles. The molecule has 3 heteroatoms. The topological polar surface area (TPSA) is 25.5 Å². The second-order valence-electron chi connectivity index (χ2n) is 6.07. The Bertz CT molecular complexity index is 1270. The molecule has 0 aliphatic heterocycles. The molecule has 5 rings (SSSR count). The molecule has 0 saturated carbocycles. The van der Waals surface area contributed by atoms with Crippen molar-refractivity contribution in [2.45, 2.75) is 0 Å². The fraction of sp³-hybridized carbons (Fsp3) is 0. The third-order valence-electron chi connectivity index (χ3n) is 4.33. The van der Waals surface area contributed by atoms with Crippen molar-refractivity contribution in [3.8, 4) is 11.3 Å². The Hall–Kier alpha value is -3.17. The average Bonchev–Trinajstić information content (AvgIpc) is 3.09. The van der Waals surface area contributed by atoms with Gasteiger partial charge in [0.2, 0.25) is 0 Å². The molecule has 0 radical (unpaired) electrons. The highest BCUT2D eigenvalue weighted by molar-refractivity contribution is 7.25. The quantitative estimate of drug-likeness (QED) is 0.353. The number of para-hydroxylation sites is 1. The van der Waals surface area contributed by atoms with Crippen molar-refractivity contribution in [3.63, 3.8) is 0 Å². The molecule has 0 aliphatic rings. The molecule has 0 spiro atoms. The molecule has 0 atom stereocenters. The summed E-state index contributed by atoms with van der Waals surface area (Å²) in [5.41, 5.74) is 2.90. The standard InChI is InChI=1S/C23H15NOS/c1-3-9-16(10-4-1)20-15-19(24-17-11-5-2-6-12-17)23-22(25-20)18-13-7-8-14-21(18)26-23/h1-15H. The fourth-order valence-corrected chi connectivity index (χ4v) is 4.18. The number of benzene rings is 3. The minimum atomic E-state index is 0.830. The van der Waals surface area contributed by atoms with Crippen LogP contribution in [0.3, 0.4) is 0 Å². The van der Waals surface area contributed by atoms with Gasteiger partial charge in [0.15, 0.2) is 5.58 Å². The Morgan fingerprint density at radius 2 is 1.42 bits per heavy atom. The van der Waals surface area contributed by atoms with Gasteiger partial charge in [-0.2, -0.15) is 0 Å². The summed E-state index contributed by atoms with van der Waals surface area (Å²) < 4.78 is 8.62. The van der Waals surface area contributed by atoms with Crippen molar-refractivity contribution < 1.29 is 4.42 Å². The van der Waals surface area contributed by atoms with Crippen molar-refractivity contribution in [2.24, 2.45) is 4.99 Å². The normalized spacial score (nSPS) is 12.1. The van der Waals surface area contributed by atoms with Gasteiger partial charge in [-0.15, -0.1) is 11.3 Å². The van der Waals surface area contributed by atoms with Gasteiger partial charge in [0, 0.05) is 21.7 Å².